The number of rotatable bonds is 7. The average molecular weight is 313 g/mol. The van der Waals surface area contributed by atoms with Gasteiger partial charge >= 0.3 is 5.97 Å². The summed E-state index contributed by atoms with van der Waals surface area (Å²) in [6.07, 6.45) is 0. The molecule has 23 heavy (non-hydrogen) atoms. The molecule has 0 saturated heterocycles. The van der Waals surface area contributed by atoms with E-state index in [1.54, 1.807) is 19.2 Å². The van der Waals surface area contributed by atoms with E-state index in [1.165, 1.54) is 0 Å². The summed E-state index contributed by atoms with van der Waals surface area (Å²) in [6, 6.07) is 16.9. The molecule has 1 amide bonds. The lowest BCUT2D eigenvalue weighted by molar-refractivity contribution is -0.124. The number of hydrogen-bond acceptors (Lipinski definition) is 4. The van der Waals surface area contributed by atoms with Crippen LogP contribution in [0, 0.1) is 0 Å². The van der Waals surface area contributed by atoms with Gasteiger partial charge in [-0.15, -0.1) is 0 Å². The van der Waals surface area contributed by atoms with Gasteiger partial charge in [0.1, 0.15) is 0 Å². The fourth-order valence-electron chi connectivity index (χ4n) is 1.99. The molecule has 0 aliphatic heterocycles. The van der Waals surface area contributed by atoms with Crippen LogP contribution in [-0.2, 0) is 14.3 Å². The minimum absolute atomic E-state index is 0.303. The van der Waals surface area contributed by atoms with Crippen LogP contribution in [0.1, 0.15) is 10.4 Å². The molecule has 0 aliphatic carbocycles. The van der Waals surface area contributed by atoms with E-state index in [4.69, 9.17) is 9.47 Å². The summed E-state index contributed by atoms with van der Waals surface area (Å²) in [4.78, 5) is 23.3. The summed E-state index contributed by atoms with van der Waals surface area (Å²) in [5.74, 6) is -0.872. The second-order valence-corrected chi connectivity index (χ2v) is 4.86. The molecule has 2 aromatic rings. The molecule has 120 valence electrons. The zero-order chi connectivity index (χ0) is 16.5. The first-order chi connectivity index (χ1) is 11.2. The lowest BCUT2D eigenvalue weighted by atomic mass is 10.0. The van der Waals surface area contributed by atoms with Gasteiger partial charge < -0.3 is 14.8 Å². The molecule has 5 nitrogen and oxygen atoms in total. The van der Waals surface area contributed by atoms with Gasteiger partial charge in [0.25, 0.3) is 5.91 Å². The molecule has 0 bridgehead atoms. The van der Waals surface area contributed by atoms with Crippen LogP contribution in [0.15, 0.2) is 54.6 Å². The maximum atomic E-state index is 11.9. The molecular weight excluding hydrogens is 294 g/mol. The van der Waals surface area contributed by atoms with E-state index in [0.29, 0.717) is 18.7 Å². The van der Waals surface area contributed by atoms with E-state index in [9.17, 15) is 9.59 Å². The largest absolute Gasteiger partial charge is 0.452 e. The van der Waals surface area contributed by atoms with Crippen molar-refractivity contribution < 1.29 is 19.1 Å². The highest BCUT2D eigenvalue weighted by molar-refractivity contribution is 5.91. The Kier molecular flexibility index (Phi) is 6.32. The Balaban J connectivity index is 1.87. The number of carbonyl (C=O) groups is 2. The van der Waals surface area contributed by atoms with Crippen LogP contribution in [0.3, 0.4) is 0 Å². The molecule has 0 aliphatic rings. The normalized spacial score (nSPS) is 10.1. The predicted molar refractivity (Wildman–Crippen MR) is 87.0 cm³/mol. The number of nitrogens with one attached hydrogen (secondary N) is 1. The number of amides is 1. The Morgan fingerprint density at radius 1 is 0.957 bits per heavy atom. The second-order valence-electron chi connectivity index (χ2n) is 4.86. The quantitative estimate of drug-likeness (QED) is 0.629. The van der Waals surface area contributed by atoms with Gasteiger partial charge in [0.05, 0.1) is 12.2 Å². The van der Waals surface area contributed by atoms with Gasteiger partial charge in [-0.3, -0.25) is 4.79 Å². The van der Waals surface area contributed by atoms with Crippen molar-refractivity contribution in [1.82, 2.24) is 5.32 Å². The number of benzene rings is 2. The number of carbonyl (C=O) groups excluding carboxylic acids is 2. The highest BCUT2D eigenvalue weighted by Gasteiger charge is 2.10. The molecule has 0 unspecified atom stereocenters. The standard InChI is InChI=1S/C18H19NO4/c1-22-12-11-19-17(20)13-23-18(21)16-9-7-15(8-10-16)14-5-3-2-4-6-14/h2-10H,11-13H2,1H3,(H,19,20). The Bertz CT molecular complexity index is 638. The van der Waals surface area contributed by atoms with Gasteiger partial charge in [0.2, 0.25) is 0 Å². The lowest BCUT2D eigenvalue weighted by Crippen LogP contribution is -2.31. The third-order valence-corrected chi connectivity index (χ3v) is 3.19. The summed E-state index contributed by atoms with van der Waals surface area (Å²) in [6.45, 7) is 0.502. The molecule has 0 aromatic heterocycles. The molecule has 0 radical (unpaired) electrons. The molecule has 0 fully saturated rings. The summed E-state index contributed by atoms with van der Waals surface area (Å²) in [7, 11) is 1.55. The van der Waals surface area contributed by atoms with Gasteiger partial charge in [-0.25, -0.2) is 4.79 Å². The molecular formula is C18H19NO4. The molecule has 5 heteroatoms. The zero-order valence-electron chi connectivity index (χ0n) is 13.0. The van der Waals surface area contributed by atoms with Crippen LogP contribution in [0.5, 0.6) is 0 Å². The molecule has 0 atom stereocenters. The van der Waals surface area contributed by atoms with Gasteiger partial charge in [0.15, 0.2) is 6.61 Å². The average Bonchev–Trinajstić information content (AvgIpc) is 2.61. The second kappa shape index (κ2) is 8.70. The van der Waals surface area contributed by atoms with Crippen LogP contribution in [-0.4, -0.2) is 38.7 Å². The number of esters is 1. The maximum Gasteiger partial charge on any atom is 0.338 e. The van der Waals surface area contributed by atoms with E-state index in [0.717, 1.165) is 11.1 Å². The highest BCUT2D eigenvalue weighted by atomic mass is 16.5. The van der Waals surface area contributed by atoms with Crippen molar-refractivity contribution in [2.45, 2.75) is 0 Å². The zero-order valence-corrected chi connectivity index (χ0v) is 13.0. The fourth-order valence-corrected chi connectivity index (χ4v) is 1.99. The maximum absolute atomic E-state index is 11.9. The van der Waals surface area contributed by atoms with Gasteiger partial charge in [-0.1, -0.05) is 42.5 Å². The van der Waals surface area contributed by atoms with E-state index in [-0.39, 0.29) is 12.5 Å². The first kappa shape index (κ1) is 16.7. The third-order valence-electron chi connectivity index (χ3n) is 3.19. The summed E-state index contributed by atoms with van der Waals surface area (Å²) >= 11 is 0. The van der Waals surface area contributed by atoms with Crippen LogP contribution >= 0.6 is 0 Å². The van der Waals surface area contributed by atoms with Crippen LogP contribution in [0.25, 0.3) is 11.1 Å². The summed E-state index contributed by atoms with van der Waals surface area (Å²) < 4.78 is 9.79. The Hall–Kier alpha value is -2.66. The van der Waals surface area contributed by atoms with E-state index < -0.39 is 5.97 Å². The third kappa shape index (κ3) is 5.23. The molecule has 2 aromatic carbocycles. The minimum Gasteiger partial charge on any atom is -0.452 e. The molecule has 0 saturated carbocycles. The first-order valence-corrected chi connectivity index (χ1v) is 7.29. The summed E-state index contributed by atoms with van der Waals surface area (Å²) in [5, 5.41) is 2.58. The smallest absolute Gasteiger partial charge is 0.338 e. The van der Waals surface area contributed by atoms with Gasteiger partial charge in [-0.2, -0.15) is 0 Å². The van der Waals surface area contributed by atoms with Crippen molar-refractivity contribution in [2.24, 2.45) is 0 Å². The lowest BCUT2D eigenvalue weighted by Gasteiger charge is -2.07. The van der Waals surface area contributed by atoms with Crippen molar-refractivity contribution in [3.63, 3.8) is 0 Å². The van der Waals surface area contributed by atoms with Crippen molar-refractivity contribution >= 4 is 11.9 Å². The van der Waals surface area contributed by atoms with Crippen molar-refractivity contribution in [1.29, 1.82) is 0 Å². The number of methoxy groups -OCH3 is 1. The van der Waals surface area contributed by atoms with E-state index >= 15 is 0 Å². The van der Waals surface area contributed by atoms with E-state index in [2.05, 4.69) is 5.32 Å². The van der Waals surface area contributed by atoms with Crippen LogP contribution in [0.2, 0.25) is 0 Å². The predicted octanol–water partition coefficient (Wildman–Crippen LogP) is 2.27. The van der Waals surface area contributed by atoms with E-state index in [1.807, 2.05) is 42.5 Å². The highest BCUT2D eigenvalue weighted by Crippen LogP contribution is 2.19. The first-order valence-electron chi connectivity index (χ1n) is 7.29. The molecule has 0 heterocycles. The number of hydrogen-bond donors (Lipinski definition) is 1. The van der Waals surface area contributed by atoms with Crippen molar-refractivity contribution in [2.75, 3.05) is 26.9 Å². The van der Waals surface area contributed by atoms with Crippen molar-refractivity contribution in [3.8, 4) is 11.1 Å². The molecule has 2 rings (SSSR count). The minimum atomic E-state index is -0.522. The van der Waals surface area contributed by atoms with Gasteiger partial charge in [-0.05, 0) is 23.3 Å². The fraction of sp³-hybridized carbons (Fsp3) is 0.222. The molecule has 1 N–H and O–H groups in total. The Morgan fingerprint density at radius 2 is 1.61 bits per heavy atom. The Labute approximate surface area is 135 Å². The van der Waals surface area contributed by atoms with Crippen LogP contribution in [0.4, 0.5) is 0 Å². The van der Waals surface area contributed by atoms with Crippen molar-refractivity contribution in [3.05, 3.63) is 60.2 Å². The SMILES string of the molecule is COCCNC(=O)COC(=O)c1ccc(-c2ccccc2)cc1. The molecule has 0 spiro atoms. The van der Waals surface area contributed by atoms with Gasteiger partial charge in [0, 0.05) is 13.7 Å². The van der Waals surface area contributed by atoms with Crippen LogP contribution < -0.4 is 5.32 Å². The monoisotopic (exact) mass is 313 g/mol. The number of ether oxygens (including phenoxy) is 2. The summed E-state index contributed by atoms with van der Waals surface area (Å²) in [5.41, 5.74) is 2.50. The Morgan fingerprint density at radius 3 is 2.26 bits per heavy atom. The topological polar surface area (TPSA) is 64.6 Å².